The van der Waals surface area contributed by atoms with E-state index in [1.807, 2.05) is 4.72 Å². The molecule has 0 saturated heterocycles. The van der Waals surface area contributed by atoms with E-state index in [1.54, 1.807) is 6.07 Å². The van der Waals surface area contributed by atoms with Crippen molar-refractivity contribution in [1.82, 2.24) is 0 Å². The van der Waals surface area contributed by atoms with Gasteiger partial charge in [0, 0.05) is 4.88 Å². The van der Waals surface area contributed by atoms with Crippen molar-refractivity contribution in [3.8, 4) is 0 Å². The van der Waals surface area contributed by atoms with Gasteiger partial charge in [-0.25, -0.2) is 17.2 Å². The molecule has 1 aromatic heterocycles. The summed E-state index contributed by atoms with van der Waals surface area (Å²) in [5, 5.41) is 0. The van der Waals surface area contributed by atoms with E-state index in [0.29, 0.717) is 13.0 Å². The summed E-state index contributed by atoms with van der Waals surface area (Å²) >= 11 is 1.05. The van der Waals surface area contributed by atoms with E-state index in [-0.39, 0.29) is 4.21 Å². The zero-order valence-electron chi connectivity index (χ0n) is 10.3. The van der Waals surface area contributed by atoms with Crippen LogP contribution < -0.4 is 10.5 Å². The van der Waals surface area contributed by atoms with Gasteiger partial charge in [-0.1, -0.05) is 6.07 Å². The van der Waals surface area contributed by atoms with Gasteiger partial charge in [0.25, 0.3) is 10.0 Å². The van der Waals surface area contributed by atoms with Crippen LogP contribution in [0.3, 0.4) is 0 Å². The lowest BCUT2D eigenvalue weighted by Gasteiger charge is -2.07. The fourth-order valence-corrected chi connectivity index (χ4v) is 3.99. The Labute approximate surface area is 119 Å². The Morgan fingerprint density at radius 2 is 1.95 bits per heavy atom. The second kappa shape index (κ2) is 5.86. The average molecular weight is 318 g/mol. The number of anilines is 1. The number of rotatable bonds is 5. The first-order chi connectivity index (χ1) is 9.44. The Bertz CT molecular complexity index is 714. The van der Waals surface area contributed by atoms with Crippen LogP contribution in [0.25, 0.3) is 0 Å². The summed E-state index contributed by atoms with van der Waals surface area (Å²) in [6.45, 7) is 0.409. The second-order valence-electron chi connectivity index (χ2n) is 3.97. The Morgan fingerprint density at radius 3 is 2.65 bits per heavy atom. The number of thiophene rings is 1. The van der Waals surface area contributed by atoms with Crippen molar-refractivity contribution in [3.05, 3.63) is 46.8 Å². The lowest BCUT2D eigenvalue weighted by molar-refractivity contribution is 0.511. The number of nitrogens with one attached hydrogen (secondary N) is 1. The number of hydrogen-bond donors (Lipinski definition) is 2. The van der Waals surface area contributed by atoms with Gasteiger partial charge >= 0.3 is 0 Å². The van der Waals surface area contributed by atoms with Crippen molar-refractivity contribution in [1.29, 1.82) is 0 Å². The summed E-state index contributed by atoms with van der Waals surface area (Å²) in [4.78, 5) is 0.813. The number of halogens is 2. The molecule has 4 nitrogen and oxygen atoms in total. The molecule has 2 rings (SSSR count). The van der Waals surface area contributed by atoms with Crippen molar-refractivity contribution >= 4 is 27.0 Å². The van der Waals surface area contributed by atoms with Crippen LogP contribution in [0.2, 0.25) is 0 Å². The second-order valence-corrected chi connectivity index (χ2v) is 7.04. The maximum Gasteiger partial charge on any atom is 0.271 e. The summed E-state index contributed by atoms with van der Waals surface area (Å²) in [5.41, 5.74) is 4.97. The summed E-state index contributed by atoms with van der Waals surface area (Å²) in [7, 11) is -3.93. The van der Waals surface area contributed by atoms with Gasteiger partial charge in [-0.3, -0.25) is 4.72 Å². The molecule has 0 bridgehead atoms. The van der Waals surface area contributed by atoms with E-state index in [2.05, 4.69) is 0 Å². The number of hydrogen-bond acceptors (Lipinski definition) is 4. The molecule has 0 aliphatic rings. The SMILES string of the molecule is NCCc1ccc(S(=O)(=O)Nc2cccc(F)c2F)s1. The van der Waals surface area contributed by atoms with Gasteiger partial charge in [0.05, 0.1) is 5.69 Å². The highest BCUT2D eigenvalue weighted by Gasteiger charge is 2.19. The third kappa shape index (κ3) is 3.14. The van der Waals surface area contributed by atoms with Gasteiger partial charge < -0.3 is 5.73 Å². The third-order valence-corrected chi connectivity index (χ3v) is 5.49. The van der Waals surface area contributed by atoms with Crippen LogP contribution >= 0.6 is 11.3 Å². The van der Waals surface area contributed by atoms with Crippen molar-refractivity contribution in [2.45, 2.75) is 10.6 Å². The smallest absolute Gasteiger partial charge is 0.271 e. The van der Waals surface area contributed by atoms with E-state index in [0.717, 1.165) is 28.3 Å². The minimum atomic E-state index is -3.93. The van der Waals surface area contributed by atoms with E-state index in [9.17, 15) is 17.2 Å². The topological polar surface area (TPSA) is 72.2 Å². The molecule has 0 radical (unpaired) electrons. The fraction of sp³-hybridized carbons (Fsp3) is 0.167. The van der Waals surface area contributed by atoms with E-state index >= 15 is 0 Å². The highest BCUT2D eigenvalue weighted by atomic mass is 32.2. The lowest BCUT2D eigenvalue weighted by Crippen LogP contribution is -2.13. The predicted octanol–water partition coefficient (Wildman–Crippen LogP) is 2.33. The molecule has 0 aliphatic carbocycles. The zero-order valence-corrected chi connectivity index (χ0v) is 11.9. The molecular weight excluding hydrogens is 306 g/mol. The molecule has 1 heterocycles. The predicted molar refractivity (Wildman–Crippen MR) is 74.2 cm³/mol. The minimum Gasteiger partial charge on any atom is -0.330 e. The average Bonchev–Trinajstić information content (AvgIpc) is 2.85. The molecular formula is C12H12F2N2O2S2. The molecule has 20 heavy (non-hydrogen) atoms. The molecule has 0 aliphatic heterocycles. The summed E-state index contributed by atoms with van der Waals surface area (Å²) in [6.07, 6.45) is 0.564. The summed E-state index contributed by atoms with van der Waals surface area (Å²) in [6, 6.07) is 6.36. The van der Waals surface area contributed by atoms with Crippen molar-refractivity contribution in [2.24, 2.45) is 5.73 Å². The van der Waals surface area contributed by atoms with Gasteiger partial charge in [0.2, 0.25) is 0 Å². The summed E-state index contributed by atoms with van der Waals surface area (Å²) in [5.74, 6) is -2.34. The van der Waals surface area contributed by atoms with Gasteiger partial charge in [-0.15, -0.1) is 11.3 Å². The molecule has 0 atom stereocenters. The van der Waals surface area contributed by atoms with Crippen molar-refractivity contribution < 1.29 is 17.2 Å². The first kappa shape index (κ1) is 14.9. The first-order valence-electron chi connectivity index (χ1n) is 5.69. The standard InChI is InChI=1S/C12H12F2N2O2S2/c13-9-2-1-3-10(12(9)14)16-20(17,18)11-5-4-8(19-11)6-7-15/h1-5,16H,6-7,15H2. The van der Waals surface area contributed by atoms with Crippen molar-refractivity contribution in [2.75, 3.05) is 11.3 Å². The number of sulfonamides is 1. The van der Waals surface area contributed by atoms with Crippen LogP contribution in [-0.2, 0) is 16.4 Å². The Balaban J connectivity index is 2.28. The normalized spacial score (nSPS) is 11.6. The van der Waals surface area contributed by atoms with E-state index in [1.165, 1.54) is 12.1 Å². The van der Waals surface area contributed by atoms with Crippen LogP contribution in [0.4, 0.5) is 14.5 Å². The number of nitrogens with two attached hydrogens (primary N) is 1. The quantitative estimate of drug-likeness (QED) is 0.889. The van der Waals surface area contributed by atoms with Crippen LogP contribution in [0.5, 0.6) is 0 Å². The molecule has 1 aromatic carbocycles. The van der Waals surface area contributed by atoms with E-state index in [4.69, 9.17) is 5.73 Å². The highest BCUT2D eigenvalue weighted by Crippen LogP contribution is 2.26. The van der Waals surface area contributed by atoms with Gasteiger partial charge in [0.1, 0.15) is 4.21 Å². The van der Waals surface area contributed by atoms with Gasteiger partial charge in [-0.2, -0.15) is 0 Å². The Kier molecular flexibility index (Phi) is 4.36. The Hall–Kier alpha value is -1.51. The monoisotopic (exact) mass is 318 g/mol. The number of benzene rings is 1. The molecule has 0 fully saturated rings. The fourth-order valence-electron chi connectivity index (χ4n) is 1.56. The Morgan fingerprint density at radius 1 is 1.20 bits per heavy atom. The molecule has 8 heteroatoms. The lowest BCUT2D eigenvalue weighted by atomic mass is 10.3. The highest BCUT2D eigenvalue weighted by molar-refractivity contribution is 7.94. The molecule has 2 aromatic rings. The largest absolute Gasteiger partial charge is 0.330 e. The zero-order chi connectivity index (χ0) is 14.8. The first-order valence-corrected chi connectivity index (χ1v) is 7.99. The van der Waals surface area contributed by atoms with Crippen LogP contribution in [0, 0.1) is 11.6 Å². The molecule has 108 valence electrons. The van der Waals surface area contributed by atoms with Crippen LogP contribution in [0.1, 0.15) is 4.88 Å². The molecule has 3 N–H and O–H groups in total. The van der Waals surface area contributed by atoms with Gasteiger partial charge in [0.15, 0.2) is 11.6 Å². The third-order valence-electron chi connectivity index (χ3n) is 2.49. The molecule has 0 spiro atoms. The van der Waals surface area contributed by atoms with Crippen molar-refractivity contribution in [3.63, 3.8) is 0 Å². The molecule has 0 saturated carbocycles. The molecule has 0 amide bonds. The van der Waals surface area contributed by atoms with Gasteiger partial charge in [-0.05, 0) is 37.2 Å². The van der Waals surface area contributed by atoms with Crippen LogP contribution in [-0.4, -0.2) is 15.0 Å². The molecule has 0 unspecified atom stereocenters. The minimum absolute atomic E-state index is 0.0320. The maximum absolute atomic E-state index is 13.5. The summed E-state index contributed by atoms with van der Waals surface area (Å²) < 4.78 is 52.7. The van der Waals surface area contributed by atoms with E-state index < -0.39 is 27.3 Å². The van der Waals surface area contributed by atoms with Crippen LogP contribution in [0.15, 0.2) is 34.5 Å². The maximum atomic E-state index is 13.5.